The van der Waals surface area contributed by atoms with Crippen LogP contribution >= 0.6 is 0 Å². The van der Waals surface area contributed by atoms with Crippen molar-refractivity contribution in [3.8, 4) is 0 Å². The topological polar surface area (TPSA) is 32.3 Å². The number of nitrogens with one attached hydrogen (secondary N) is 1. The summed E-state index contributed by atoms with van der Waals surface area (Å²) in [6, 6.07) is 4.44. The first-order valence-electron chi connectivity index (χ1n) is 5.46. The first kappa shape index (κ1) is 12.2. The Kier molecular flexibility index (Phi) is 4.30. The van der Waals surface area contributed by atoms with Crippen molar-refractivity contribution in [2.45, 2.75) is 40.3 Å². The van der Waals surface area contributed by atoms with Crippen molar-refractivity contribution in [1.29, 1.82) is 0 Å². The number of aliphatic hydroxyl groups excluding tert-OH is 1. The highest BCUT2D eigenvalue weighted by molar-refractivity contribution is 5.36. The molecule has 0 aromatic heterocycles. The van der Waals surface area contributed by atoms with Crippen molar-refractivity contribution in [2.75, 3.05) is 6.54 Å². The molecule has 0 spiro atoms. The molecule has 0 aliphatic heterocycles. The molecule has 0 amide bonds. The fourth-order valence-corrected chi connectivity index (χ4v) is 1.63. The van der Waals surface area contributed by atoms with E-state index in [4.69, 9.17) is 5.11 Å². The van der Waals surface area contributed by atoms with Crippen molar-refractivity contribution in [2.24, 2.45) is 0 Å². The minimum absolute atomic E-state index is 0.281. The Morgan fingerprint density at radius 1 is 1.13 bits per heavy atom. The van der Waals surface area contributed by atoms with Gasteiger partial charge in [0, 0.05) is 13.1 Å². The van der Waals surface area contributed by atoms with Gasteiger partial charge >= 0.3 is 0 Å². The molecule has 1 aromatic rings. The van der Waals surface area contributed by atoms with Crippen LogP contribution in [-0.2, 0) is 6.54 Å². The normalized spacial score (nSPS) is 12.9. The summed E-state index contributed by atoms with van der Waals surface area (Å²) in [5, 5.41) is 12.4. The zero-order valence-corrected chi connectivity index (χ0v) is 10.1. The van der Waals surface area contributed by atoms with Crippen molar-refractivity contribution >= 4 is 0 Å². The molecule has 2 heteroatoms. The molecule has 2 nitrogen and oxygen atoms in total. The smallest absolute Gasteiger partial charge is 0.0636 e. The van der Waals surface area contributed by atoms with Crippen LogP contribution in [0.2, 0.25) is 0 Å². The van der Waals surface area contributed by atoms with Crippen LogP contribution in [0.3, 0.4) is 0 Å². The molecule has 1 atom stereocenters. The Balaban J connectivity index is 2.65. The largest absolute Gasteiger partial charge is 0.392 e. The molecule has 0 aliphatic rings. The van der Waals surface area contributed by atoms with Crippen molar-refractivity contribution in [3.05, 3.63) is 34.4 Å². The molecule has 0 fully saturated rings. The van der Waals surface area contributed by atoms with Crippen LogP contribution in [0.25, 0.3) is 0 Å². The van der Waals surface area contributed by atoms with Crippen LogP contribution < -0.4 is 5.32 Å². The summed E-state index contributed by atoms with van der Waals surface area (Å²) in [7, 11) is 0. The van der Waals surface area contributed by atoms with E-state index in [2.05, 4.69) is 38.2 Å². The molecule has 0 radical (unpaired) electrons. The molecule has 1 aromatic carbocycles. The molecule has 84 valence electrons. The van der Waals surface area contributed by atoms with E-state index in [0.717, 1.165) is 6.54 Å². The van der Waals surface area contributed by atoms with E-state index in [-0.39, 0.29) is 6.10 Å². The lowest BCUT2D eigenvalue weighted by molar-refractivity contribution is 0.191. The number of aliphatic hydroxyl groups is 1. The molecule has 0 heterocycles. The number of rotatable bonds is 4. The predicted molar refractivity (Wildman–Crippen MR) is 64.0 cm³/mol. The van der Waals surface area contributed by atoms with E-state index in [1.54, 1.807) is 6.92 Å². The maximum absolute atomic E-state index is 9.14. The van der Waals surface area contributed by atoms with Gasteiger partial charge in [-0.3, -0.25) is 0 Å². The van der Waals surface area contributed by atoms with E-state index in [0.29, 0.717) is 6.54 Å². The molecule has 1 rings (SSSR count). The maximum atomic E-state index is 9.14. The number of hydrogen-bond donors (Lipinski definition) is 2. The van der Waals surface area contributed by atoms with E-state index < -0.39 is 0 Å². The van der Waals surface area contributed by atoms with Gasteiger partial charge in [-0.25, -0.2) is 0 Å². The first-order chi connectivity index (χ1) is 7.00. The Morgan fingerprint density at radius 2 is 1.73 bits per heavy atom. The lowest BCUT2D eigenvalue weighted by atomic mass is 10.0. The number of hydrogen-bond acceptors (Lipinski definition) is 2. The van der Waals surface area contributed by atoms with E-state index in [1.165, 1.54) is 22.3 Å². The molecule has 0 saturated heterocycles. The minimum atomic E-state index is -0.281. The molecular formula is C13H21NO. The second-order valence-electron chi connectivity index (χ2n) is 4.34. The van der Waals surface area contributed by atoms with E-state index >= 15 is 0 Å². The third kappa shape index (κ3) is 3.65. The van der Waals surface area contributed by atoms with Crippen LogP contribution in [-0.4, -0.2) is 17.8 Å². The zero-order chi connectivity index (χ0) is 11.4. The second-order valence-corrected chi connectivity index (χ2v) is 4.34. The summed E-state index contributed by atoms with van der Waals surface area (Å²) < 4.78 is 0. The summed E-state index contributed by atoms with van der Waals surface area (Å²) in [6.07, 6.45) is -0.281. The third-order valence-corrected chi connectivity index (χ3v) is 2.71. The first-order valence-corrected chi connectivity index (χ1v) is 5.46. The molecule has 1 unspecified atom stereocenters. The van der Waals surface area contributed by atoms with Gasteiger partial charge in [-0.05, 0) is 49.9 Å². The predicted octanol–water partition coefficient (Wildman–Crippen LogP) is 2.08. The van der Waals surface area contributed by atoms with Crippen LogP contribution in [0.15, 0.2) is 12.1 Å². The van der Waals surface area contributed by atoms with Crippen LogP contribution in [0.5, 0.6) is 0 Å². The summed E-state index contributed by atoms with van der Waals surface area (Å²) in [6.45, 7) is 9.67. The minimum Gasteiger partial charge on any atom is -0.392 e. The quantitative estimate of drug-likeness (QED) is 0.792. The SMILES string of the molecule is Cc1cc(C)c(CNCC(C)O)cc1C. The summed E-state index contributed by atoms with van der Waals surface area (Å²) in [5.74, 6) is 0. The van der Waals surface area contributed by atoms with Crippen LogP contribution in [0, 0.1) is 20.8 Å². The van der Waals surface area contributed by atoms with E-state index in [9.17, 15) is 0 Å². The van der Waals surface area contributed by atoms with Crippen molar-refractivity contribution in [3.63, 3.8) is 0 Å². The molecule has 15 heavy (non-hydrogen) atoms. The number of benzene rings is 1. The maximum Gasteiger partial charge on any atom is 0.0636 e. The lowest BCUT2D eigenvalue weighted by Gasteiger charge is -2.11. The summed E-state index contributed by atoms with van der Waals surface area (Å²) >= 11 is 0. The fraction of sp³-hybridized carbons (Fsp3) is 0.538. The van der Waals surface area contributed by atoms with Gasteiger partial charge in [0.1, 0.15) is 0 Å². The van der Waals surface area contributed by atoms with Gasteiger partial charge in [0.05, 0.1) is 6.10 Å². The van der Waals surface area contributed by atoms with Gasteiger partial charge < -0.3 is 10.4 Å². The zero-order valence-electron chi connectivity index (χ0n) is 10.1. The molecule has 2 N–H and O–H groups in total. The van der Waals surface area contributed by atoms with E-state index in [1.807, 2.05) is 0 Å². The van der Waals surface area contributed by atoms with Gasteiger partial charge in [-0.15, -0.1) is 0 Å². The van der Waals surface area contributed by atoms with Gasteiger partial charge in [0.15, 0.2) is 0 Å². The van der Waals surface area contributed by atoms with Crippen molar-refractivity contribution in [1.82, 2.24) is 5.32 Å². The molecule has 0 bridgehead atoms. The monoisotopic (exact) mass is 207 g/mol. The van der Waals surface area contributed by atoms with Crippen LogP contribution in [0.1, 0.15) is 29.2 Å². The summed E-state index contributed by atoms with van der Waals surface area (Å²) in [5.41, 5.74) is 5.30. The average Bonchev–Trinajstić information content (AvgIpc) is 2.13. The highest BCUT2D eigenvalue weighted by atomic mass is 16.3. The van der Waals surface area contributed by atoms with Crippen LogP contribution in [0.4, 0.5) is 0 Å². The molecule has 0 saturated carbocycles. The van der Waals surface area contributed by atoms with Gasteiger partial charge in [0.2, 0.25) is 0 Å². The molecule has 0 aliphatic carbocycles. The highest BCUT2D eigenvalue weighted by Gasteiger charge is 2.02. The second kappa shape index (κ2) is 5.29. The van der Waals surface area contributed by atoms with Gasteiger partial charge in [-0.2, -0.15) is 0 Å². The standard InChI is InChI=1S/C13H21NO/c1-9-5-11(3)13(6-10(9)2)8-14-7-12(4)15/h5-6,12,14-15H,7-8H2,1-4H3. The Hall–Kier alpha value is -0.860. The Bertz CT molecular complexity index is 332. The van der Waals surface area contributed by atoms with Crippen molar-refractivity contribution < 1.29 is 5.11 Å². The average molecular weight is 207 g/mol. The number of aryl methyl sites for hydroxylation is 3. The highest BCUT2D eigenvalue weighted by Crippen LogP contribution is 2.14. The van der Waals surface area contributed by atoms with Gasteiger partial charge in [0.25, 0.3) is 0 Å². The fourth-order valence-electron chi connectivity index (χ4n) is 1.63. The van der Waals surface area contributed by atoms with Gasteiger partial charge in [-0.1, -0.05) is 12.1 Å². The summed E-state index contributed by atoms with van der Waals surface area (Å²) in [4.78, 5) is 0. The molecular weight excluding hydrogens is 186 g/mol. The third-order valence-electron chi connectivity index (χ3n) is 2.71. The Morgan fingerprint density at radius 3 is 2.33 bits per heavy atom. The lowest BCUT2D eigenvalue weighted by Crippen LogP contribution is -2.24. The Labute approximate surface area is 92.3 Å².